The molecule has 1 saturated carbocycles. The predicted octanol–water partition coefficient (Wildman–Crippen LogP) is 3.05. The van der Waals surface area contributed by atoms with Crippen molar-refractivity contribution in [3.8, 4) is 0 Å². The summed E-state index contributed by atoms with van der Waals surface area (Å²) in [6.07, 6.45) is 2.97. The van der Waals surface area contributed by atoms with Gasteiger partial charge in [-0.1, -0.05) is 18.2 Å². The van der Waals surface area contributed by atoms with Crippen LogP contribution in [0.2, 0.25) is 0 Å². The second kappa shape index (κ2) is 9.16. The smallest absolute Gasteiger partial charge is 0.241 e. The van der Waals surface area contributed by atoms with Crippen LogP contribution in [0.15, 0.2) is 59.5 Å². The summed E-state index contributed by atoms with van der Waals surface area (Å²) in [5, 5.41) is 0. The molecule has 0 aromatic heterocycles. The van der Waals surface area contributed by atoms with Crippen LogP contribution in [0.4, 0.5) is 10.1 Å². The summed E-state index contributed by atoms with van der Waals surface area (Å²) in [4.78, 5) is 12.3. The van der Waals surface area contributed by atoms with Crippen LogP contribution < -0.4 is 15.6 Å². The number of hydrogen-bond acceptors (Lipinski definition) is 4. The van der Waals surface area contributed by atoms with Gasteiger partial charge in [0.2, 0.25) is 15.9 Å². The lowest BCUT2D eigenvalue weighted by Crippen LogP contribution is -2.38. The number of halogens is 1. The maximum atomic E-state index is 13.0. The van der Waals surface area contributed by atoms with Crippen molar-refractivity contribution in [2.75, 3.05) is 12.0 Å². The number of nitrogens with one attached hydrogen (secondary N) is 3. The number of hydrogen-bond donors (Lipinski definition) is 3. The zero-order chi connectivity index (χ0) is 20.0. The Bertz CT molecular complexity index is 881. The molecule has 150 valence electrons. The van der Waals surface area contributed by atoms with E-state index in [0.29, 0.717) is 19.4 Å². The quantitative estimate of drug-likeness (QED) is 0.618. The SMILES string of the molecule is O=C(NNc1ccccc1)C1CCC(CNS(=O)(=O)c2ccc(F)cc2)CC1. The minimum atomic E-state index is -3.65. The molecular weight excluding hydrogens is 381 g/mol. The molecule has 6 nitrogen and oxygen atoms in total. The minimum absolute atomic E-state index is 0.0470. The number of anilines is 1. The van der Waals surface area contributed by atoms with Crippen molar-refractivity contribution in [3.05, 3.63) is 60.4 Å². The highest BCUT2D eigenvalue weighted by Gasteiger charge is 2.27. The Morgan fingerprint density at radius 3 is 2.25 bits per heavy atom. The Hall–Kier alpha value is -2.45. The average molecular weight is 405 g/mol. The molecule has 0 saturated heterocycles. The molecule has 0 atom stereocenters. The van der Waals surface area contributed by atoms with Gasteiger partial charge in [0.05, 0.1) is 10.6 Å². The first-order chi connectivity index (χ1) is 13.4. The highest BCUT2D eigenvalue weighted by molar-refractivity contribution is 7.89. The van der Waals surface area contributed by atoms with E-state index in [1.807, 2.05) is 30.3 Å². The van der Waals surface area contributed by atoms with Gasteiger partial charge in [-0.25, -0.2) is 17.5 Å². The van der Waals surface area contributed by atoms with Gasteiger partial charge < -0.3 is 0 Å². The van der Waals surface area contributed by atoms with Crippen LogP contribution >= 0.6 is 0 Å². The lowest BCUT2D eigenvalue weighted by molar-refractivity contribution is -0.125. The lowest BCUT2D eigenvalue weighted by atomic mass is 9.82. The van der Waals surface area contributed by atoms with Gasteiger partial charge in [0.25, 0.3) is 0 Å². The minimum Gasteiger partial charge on any atom is -0.299 e. The van der Waals surface area contributed by atoms with Crippen LogP contribution in [-0.4, -0.2) is 20.9 Å². The number of hydrazine groups is 1. The molecule has 2 aromatic rings. The zero-order valence-electron chi connectivity index (χ0n) is 15.4. The van der Waals surface area contributed by atoms with Crippen molar-refractivity contribution in [1.29, 1.82) is 0 Å². The molecule has 0 unspecified atom stereocenters. The maximum Gasteiger partial charge on any atom is 0.241 e. The third kappa shape index (κ3) is 5.53. The fourth-order valence-corrected chi connectivity index (χ4v) is 4.43. The third-order valence-electron chi connectivity index (χ3n) is 5.01. The van der Waals surface area contributed by atoms with Crippen LogP contribution in [0, 0.1) is 17.7 Å². The summed E-state index contributed by atoms with van der Waals surface area (Å²) in [6.45, 7) is 0.316. The number of para-hydroxylation sites is 1. The van der Waals surface area contributed by atoms with Crippen molar-refractivity contribution in [2.24, 2.45) is 11.8 Å². The van der Waals surface area contributed by atoms with Gasteiger partial charge in [-0.2, -0.15) is 0 Å². The van der Waals surface area contributed by atoms with E-state index >= 15 is 0 Å². The molecule has 1 fully saturated rings. The van der Waals surface area contributed by atoms with Crippen LogP contribution in [0.25, 0.3) is 0 Å². The Morgan fingerprint density at radius 2 is 1.61 bits per heavy atom. The van der Waals surface area contributed by atoms with E-state index in [1.165, 1.54) is 12.1 Å². The molecule has 2 aromatic carbocycles. The van der Waals surface area contributed by atoms with E-state index in [-0.39, 0.29) is 22.6 Å². The van der Waals surface area contributed by atoms with E-state index in [4.69, 9.17) is 0 Å². The number of carbonyl (C=O) groups excluding carboxylic acids is 1. The molecule has 0 bridgehead atoms. The van der Waals surface area contributed by atoms with Gasteiger partial charge in [0, 0.05) is 12.5 Å². The Labute approximate surface area is 164 Å². The first-order valence-electron chi connectivity index (χ1n) is 9.30. The highest BCUT2D eigenvalue weighted by Crippen LogP contribution is 2.29. The van der Waals surface area contributed by atoms with Gasteiger partial charge >= 0.3 is 0 Å². The van der Waals surface area contributed by atoms with Crippen molar-refractivity contribution >= 4 is 21.6 Å². The third-order valence-corrected chi connectivity index (χ3v) is 6.45. The van der Waals surface area contributed by atoms with Crippen LogP contribution in [0.5, 0.6) is 0 Å². The van der Waals surface area contributed by atoms with Crippen LogP contribution in [0.3, 0.4) is 0 Å². The first kappa shape index (κ1) is 20.3. The number of benzene rings is 2. The number of amides is 1. The number of sulfonamides is 1. The highest BCUT2D eigenvalue weighted by atomic mass is 32.2. The van der Waals surface area contributed by atoms with Gasteiger partial charge in [0.15, 0.2) is 0 Å². The van der Waals surface area contributed by atoms with E-state index in [0.717, 1.165) is 30.7 Å². The number of carbonyl (C=O) groups is 1. The molecule has 1 aliphatic rings. The molecule has 3 N–H and O–H groups in total. The normalized spacial score (nSPS) is 19.8. The predicted molar refractivity (Wildman–Crippen MR) is 105 cm³/mol. The zero-order valence-corrected chi connectivity index (χ0v) is 16.2. The maximum absolute atomic E-state index is 13.0. The monoisotopic (exact) mass is 405 g/mol. The largest absolute Gasteiger partial charge is 0.299 e. The van der Waals surface area contributed by atoms with Gasteiger partial charge in [0.1, 0.15) is 5.82 Å². The molecule has 0 radical (unpaired) electrons. The fourth-order valence-electron chi connectivity index (χ4n) is 3.31. The molecule has 1 aliphatic carbocycles. The molecule has 8 heteroatoms. The topological polar surface area (TPSA) is 87.3 Å². The fraction of sp³-hybridized carbons (Fsp3) is 0.350. The lowest BCUT2D eigenvalue weighted by Gasteiger charge is -2.28. The second-order valence-electron chi connectivity index (χ2n) is 7.00. The first-order valence-corrected chi connectivity index (χ1v) is 10.8. The molecule has 0 spiro atoms. The Balaban J connectivity index is 1.42. The van der Waals surface area contributed by atoms with Crippen molar-refractivity contribution in [2.45, 2.75) is 30.6 Å². The molecular formula is C20H24FN3O3S. The van der Waals surface area contributed by atoms with E-state index in [9.17, 15) is 17.6 Å². The second-order valence-corrected chi connectivity index (χ2v) is 8.77. The molecule has 0 aliphatic heterocycles. The summed E-state index contributed by atoms with van der Waals surface area (Å²) >= 11 is 0. The Morgan fingerprint density at radius 1 is 0.964 bits per heavy atom. The standard InChI is InChI=1S/C20H24FN3O3S/c21-17-10-12-19(13-11-17)28(26,27)22-14-15-6-8-16(9-7-15)20(25)24-23-18-4-2-1-3-5-18/h1-5,10-13,15-16,22-23H,6-9,14H2,(H,24,25). The summed E-state index contributed by atoms with van der Waals surface area (Å²) in [6, 6.07) is 14.1. The van der Waals surface area contributed by atoms with E-state index in [1.54, 1.807) is 0 Å². The molecule has 3 rings (SSSR count). The van der Waals surface area contributed by atoms with Crippen molar-refractivity contribution in [1.82, 2.24) is 10.1 Å². The molecule has 28 heavy (non-hydrogen) atoms. The molecule has 1 amide bonds. The Kier molecular flexibility index (Phi) is 6.64. The van der Waals surface area contributed by atoms with Crippen molar-refractivity contribution in [3.63, 3.8) is 0 Å². The average Bonchev–Trinajstić information content (AvgIpc) is 2.72. The van der Waals surface area contributed by atoms with Crippen LogP contribution in [0.1, 0.15) is 25.7 Å². The number of rotatable bonds is 7. The van der Waals surface area contributed by atoms with Gasteiger partial charge in [-0.3, -0.25) is 15.6 Å². The van der Waals surface area contributed by atoms with E-state index < -0.39 is 15.8 Å². The molecule has 0 heterocycles. The summed E-state index contributed by atoms with van der Waals surface area (Å²) in [7, 11) is -3.65. The van der Waals surface area contributed by atoms with Crippen LogP contribution in [-0.2, 0) is 14.8 Å². The van der Waals surface area contributed by atoms with Gasteiger partial charge in [-0.05, 0) is 68.0 Å². The van der Waals surface area contributed by atoms with E-state index in [2.05, 4.69) is 15.6 Å². The summed E-state index contributed by atoms with van der Waals surface area (Å²) in [5.74, 6) is -0.422. The van der Waals surface area contributed by atoms with Crippen molar-refractivity contribution < 1.29 is 17.6 Å². The summed E-state index contributed by atoms with van der Waals surface area (Å²) in [5.41, 5.74) is 6.46. The summed E-state index contributed by atoms with van der Waals surface area (Å²) < 4.78 is 40.1. The van der Waals surface area contributed by atoms with Gasteiger partial charge in [-0.15, -0.1) is 0 Å².